The smallest absolute Gasteiger partial charge is 0.355 e. The molecular formula is C22H22N4O5. The maximum absolute atomic E-state index is 12.4. The highest BCUT2D eigenvalue weighted by molar-refractivity contribution is 6.09. The van der Waals surface area contributed by atoms with Gasteiger partial charge in [-0.1, -0.05) is 38.1 Å². The minimum Gasteiger partial charge on any atom is -0.476 e. The van der Waals surface area contributed by atoms with Crippen LogP contribution in [-0.4, -0.2) is 33.0 Å². The Balaban J connectivity index is 1.60. The molecular weight excluding hydrogens is 400 g/mol. The molecule has 9 heteroatoms. The molecule has 0 aliphatic rings. The Morgan fingerprint density at radius 3 is 2.39 bits per heavy atom. The van der Waals surface area contributed by atoms with Gasteiger partial charge in [0.15, 0.2) is 11.5 Å². The highest BCUT2D eigenvalue weighted by Crippen LogP contribution is 2.24. The van der Waals surface area contributed by atoms with Crippen LogP contribution in [0.1, 0.15) is 52.9 Å². The lowest BCUT2D eigenvalue weighted by molar-refractivity contribution is -0.115. The second-order valence-electron chi connectivity index (χ2n) is 7.91. The molecule has 3 aromatic rings. The summed E-state index contributed by atoms with van der Waals surface area (Å²) in [5, 5.41) is 18.3. The van der Waals surface area contributed by atoms with E-state index in [2.05, 4.69) is 20.8 Å². The second kappa shape index (κ2) is 8.78. The van der Waals surface area contributed by atoms with E-state index >= 15 is 0 Å². The molecule has 31 heavy (non-hydrogen) atoms. The van der Waals surface area contributed by atoms with Crippen molar-refractivity contribution in [3.8, 4) is 0 Å². The van der Waals surface area contributed by atoms with Crippen molar-refractivity contribution in [2.24, 2.45) is 0 Å². The lowest BCUT2D eigenvalue weighted by Gasteiger charge is -2.12. The molecule has 1 aromatic carbocycles. The van der Waals surface area contributed by atoms with E-state index < -0.39 is 11.9 Å². The molecule has 0 fully saturated rings. The molecule has 3 rings (SSSR count). The first-order valence-corrected chi connectivity index (χ1v) is 9.49. The lowest BCUT2D eigenvalue weighted by Crippen LogP contribution is -2.17. The number of aromatic carboxylic acids is 1. The average Bonchev–Trinajstić information content (AvgIpc) is 3.18. The number of nitrogens with zero attached hydrogens (tertiary/aromatic N) is 2. The molecule has 0 radical (unpaired) electrons. The number of carbonyl (C=O) groups excluding carboxylic acids is 2. The zero-order valence-corrected chi connectivity index (χ0v) is 17.3. The van der Waals surface area contributed by atoms with E-state index in [0.29, 0.717) is 17.3 Å². The number of carbonyl (C=O) groups is 3. The number of pyridine rings is 1. The molecule has 2 aromatic heterocycles. The Morgan fingerprint density at radius 2 is 1.77 bits per heavy atom. The Bertz CT molecular complexity index is 1110. The van der Waals surface area contributed by atoms with Crippen LogP contribution in [0.25, 0.3) is 0 Å². The predicted molar refractivity (Wildman–Crippen MR) is 113 cm³/mol. The summed E-state index contributed by atoms with van der Waals surface area (Å²) in [5.74, 6) is -1.11. The quantitative estimate of drug-likeness (QED) is 0.553. The van der Waals surface area contributed by atoms with Gasteiger partial charge in [-0.25, -0.2) is 9.78 Å². The number of carboxylic acids is 1. The molecule has 2 heterocycles. The van der Waals surface area contributed by atoms with E-state index in [1.807, 2.05) is 20.8 Å². The largest absolute Gasteiger partial charge is 0.476 e. The molecule has 0 bridgehead atoms. The van der Waals surface area contributed by atoms with E-state index in [-0.39, 0.29) is 29.0 Å². The molecule has 0 saturated carbocycles. The maximum Gasteiger partial charge on any atom is 0.355 e. The molecule has 0 saturated heterocycles. The van der Waals surface area contributed by atoms with Crippen molar-refractivity contribution in [2.45, 2.75) is 32.6 Å². The normalized spacial score (nSPS) is 11.1. The number of hydrogen-bond donors (Lipinski definition) is 3. The predicted octanol–water partition coefficient (Wildman–Crippen LogP) is 3.50. The van der Waals surface area contributed by atoms with Crippen LogP contribution in [0.15, 0.2) is 53.2 Å². The van der Waals surface area contributed by atoms with Crippen molar-refractivity contribution in [1.82, 2.24) is 10.1 Å². The Hall–Kier alpha value is -4.01. The van der Waals surface area contributed by atoms with Gasteiger partial charge in [-0.15, -0.1) is 0 Å². The monoisotopic (exact) mass is 422 g/mol. The van der Waals surface area contributed by atoms with Crippen molar-refractivity contribution in [3.05, 3.63) is 71.2 Å². The molecule has 2 amide bonds. The number of anilines is 2. The van der Waals surface area contributed by atoms with Gasteiger partial charge in [-0.3, -0.25) is 9.59 Å². The van der Waals surface area contributed by atoms with Crippen molar-refractivity contribution >= 4 is 29.3 Å². The number of carboxylic acid groups (broad SMARTS) is 1. The number of rotatable bonds is 6. The van der Waals surface area contributed by atoms with E-state index in [1.54, 1.807) is 30.3 Å². The maximum atomic E-state index is 12.4. The summed E-state index contributed by atoms with van der Waals surface area (Å²) in [6, 6.07) is 11.2. The van der Waals surface area contributed by atoms with Crippen LogP contribution in [-0.2, 0) is 16.6 Å². The first kappa shape index (κ1) is 21.7. The van der Waals surface area contributed by atoms with E-state index in [1.165, 1.54) is 18.3 Å². The average molecular weight is 422 g/mol. The Labute approximate surface area is 178 Å². The van der Waals surface area contributed by atoms with Gasteiger partial charge in [0.05, 0.1) is 12.0 Å². The van der Waals surface area contributed by atoms with Gasteiger partial charge in [0, 0.05) is 23.4 Å². The Morgan fingerprint density at radius 1 is 1.06 bits per heavy atom. The van der Waals surface area contributed by atoms with Crippen molar-refractivity contribution in [3.63, 3.8) is 0 Å². The number of nitrogens with one attached hydrogen (secondary N) is 2. The topological polar surface area (TPSA) is 134 Å². The van der Waals surface area contributed by atoms with Gasteiger partial charge < -0.3 is 20.3 Å². The van der Waals surface area contributed by atoms with E-state index in [4.69, 9.17) is 9.63 Å². The van der Waals surface area contributed by atoms with Gasteiger partial charge in [0.2, 0.25) is 5.91 Å². The summed E-state index contributed by atoms with van der Waals surface area (Å²) >= 11 is 0. The third-order valence-corrected chi connectivity index (χ3v) is 4.35. The van der Waals surface area contributed by atoms with Gasteiger partial charge >= 0.3 is 5.97 Å². The summed E-state index contributed by atoms with van der Waals surface area (Å²) in [6.45, 7) is 5.95. The van der Waals surface area contributed by atoms with Crippen molar-refractivity contribution < 1.29 is 24.0 Å². The van der Waals surface area contributed by atoms with E-state index in [0.717, 1.165) is 5.56 Å². The fourth-order valence-corrected chi connectivity index (χ4v) is 2.72. The van der Waals surface area contributed by atoms with Crippen LogP contribution in [0, 0.1) is 0 Å². The van der Waals surface area contributed by atoms with Crippen LogP contribution in [0.5, 0.6) is 0 Å². The van der Waals surface area contributed by atoms with Crippen molar-refractivity contribution in [2.75, 3.05) is 10.6 Å². The van der Waals surface area contributed by atoms with Crippen LogP contribution in [0.3, 0.4) is 0 Å². The van der Waals surface area contributed by atoms with Crippen LogP contribution in [0.4, 0.5) is 11.5 Å². The lowest BCUT2D eigenvalue weighted by atomic mass is 9.93. The fourth-order valence-electron chi connectivity index (χ4n) is 2.72. The molecule has 0 aliphatic heterocycles. The van der Waals surface area contributed by atoms with Gasteiger partial charge in [0.1, 0.15) is 5.76 Å². The van der Waals surface area contributed by atoms with Gasteiger partial charge in [0.25, 0.3) is 5.91 Å². The van der Waals surface area contributed by atoms with Crippen LogP contribution >= 0.6 is 0 Å². The molecule has 9 nitrogen and oxygen atoms in total. The molecule has 0 unspecified atom stereocenters. The minimum atomic E-state index is -1.28. The third-order valence-electron chi connectivity index (χ3n) is 4.35. The number of benzene rings is 1. The highest BCUT2D eigenvalue weighted by atomic mass is 16.5. The molecule has 0 aliphatic carbocycles. The zero-order valence-electron chi connectivity index (χ0n) is 17.3. The summed E-state index contributed by atoms with van der Waals surface area (Å²) in [7, 11) is 0. The molecule has 3 N–H and O–H groups in total. The number of aromatic nitrogens is 2. The van der Waals surface area contributed by atoms with Gasteiger partial charge in [-0.2, -0.15) is 0 Å². The standard InChI is InChI=1S/C22H22N4O5/c1-22(2,3)16-12-17(26-31-16)25-18(27)11-13-6-8-14(9-7-13)24-20(28)15-5-4-10-23-19(15)21(29)30/h4-10,12H,11H2,1-3H3,(H,24,28)(H,29,30)(H,25,26,27). The second-order valence-corrected chi connectivity index (χ2v) is 7.91. The van der Waals surface area contributed by atoms with Crippen LogP contribution in [0.2, 0.25) is 0 Å². The molecule has 0 atom stereocenters. The third kappa shape index (κ3) is 5.53. The Kier molecular flexibility index (Phi) is 6.15. The first-order valence-electron chi connectivity index (χ1n) is 9.49. The zero-order chi connectivity index (χ0) is 22.6. The van der Waals surface area contributed by atoms with E-state index in [9.17, 15) is 14.4 Å². The molecule has 160 valence electrons. The van der Waals surface area contributed by atoms with Crippen molar-refractivity contribution in [1.29, 1.82) is 0 Å². The number of hydrogen-bond acceptors (Lipinski definition) is 6. The first-order chi connectivity index (χ1) is 14.6. The summed E-state index contributed by atoms with van der Waals surface area (Å²) in [4.78, 5) is 39.6. The molecule has 0 spiro atoms. The summed E-state index contributed by atoms with van der Waals surface area (Å²) in [6.07, 6.45) is 1.42. The highest BCUT2D eigenvalue weighted by Gasteiger charge is 2.20. The summed E-state index contributed by atoms with van der Waals surface area (Å²) in [5.41, 5.74) is 0.608. The minimum absolute atomic E-state index is 0.0410. The van der Waals surface area contributed by atoms with Crippen LogP contribution < -0.4 is 10.6 Å². The summed E-state index contributed by atoms with van der Waals surface area (Å²) < 4.78 is 5.25. The fraction of sp³-hybridized carbons (Fsp3) is 0.227. The number of amides is 2. The SMILES string of the molecule is CC(C)(C)c1cc(NC(=O)Cc2ccc(NC(=O)c3cccnc3C(=O)O)cc2)no1. The van der Waals surface area contributed by atoms with Gasteiger partial charge in [-0.05, 0) is 29.8 Å².